The van der Waals surface area contributed by atoms with Crippen molar-refractivity contribution in [1.82, 2.24) is 4.98 Å². The summed E-state index contributed by atoms with van der Waals surface area (Å²) >= 11 is 0. The highest BCUT2D eigenvalue weighted by Crippen LogP contribution is 2.38. The first-order chi connectivity index (χ1) is 8.38. The Hall–Kier alpha value is -1.09. The highest BCUT2D eigenvalue weighted by Gasteiger charge is 2.36. The molecular formula is C14H20N2O. The smallest absolute Gasteiger partial charge is 0.129 e. The van der Waals surface area contributed by atoms with Gasteiger partial charge in [0.15, 0.2) is 0 Å². The van der Waals surface area contributed by atoms with E-state index in [-0.39, 0.29) is 6.61 Å². The van der Waals surface area contributed by atoms with E-state index in [2.05, 4.69) is 9.88 Å². The molecule has 0 radical (unpaired) electrons. The Kier molecular flexibility index (Phi) is 3.02. The van der Waals surface area contributed by atoms with Crippen LogP contribution in [-0.4, -0.2) is 22.7 Å². The molecule has 2 aliphatic rings. The second kappa shape index (κ2) is 4.65. The van der Waals surface area contributed by atoms with Gasteiger partial charge in [0.1, 0.15) is 5.82 Å². The molecule has 1 aliphatic heterocycles. The van der Waals surface area contributed by atoms with Crippen molar-refractivity contribution in [3.05, 3.63) is 23.9 Å². The van der Waals surface area contributed by atoms with E-state index in [1.165, 1.54) is 32.1 Å². The van der Waals surface area contributed by atoms with Crippen LogP contribution in [0, 0.1) is 5.92 Å². The number of pyridine rings is 1. The number of aliphatic hydroxyl groups is 1. The molecule has 17 heavy (non-hydrogen) atoms. The molecule has 1 aromatic rings. The van der Waals surface area contributed by atoms with Gasteiger partial charge in [-0.1, -0.05) is 12.8 Å². The fourth-order valence-corrected chi connectivity index (χ4v) is 3.41. The van der Waals surface area contributed by atoms with Gasteiger partial charge in [0.05, 0.1) is 6.61 Å². The maximum atomic E-state index is 9.19. The number of aliphatic hydroxyl groups excluding tert-OH is 1. The van der Waals surface area contributed by atoms with Crippen LogP contribution in [0.4, 0.5) is 5.82 Å². The summed E-state index contributed by atoms with van der Waals surface area (Å²) in [6.45, 7) is 1.24. The summed E-state index contributed by atoms with van der Waals surface area (Å²) in [5, 5.41) is 9.19. The van der Waals surface area contributed by atoms with Gasteiger partial charge >= 0.3 is 0 Å². The average molecular weight is 232 g/mol. The lowest BCUT2D eigenvalue weighted by Gasteiger charge is -2.32. The third-order valence-corrected chi connectivity index (χ3v) is 4.30. The highest BCUT2D eigenvalue weighted by molar-refractivity contribution is 5.43. The van der Waals surface area contributed by atoms with E-state index in [1.807, 2.05) is 18.3 Å². The molecule has 0 spiro atoms. The van der Waals surface area contributed by atoms with Crippen molar-refractivity contribution < 1.29 is 5.11 Å². The molecule has 2 heterocycles. The average Bonchev–Trinajstić information content (AvgIpc) is 2.82. The van der Waals surface area contributed by atoms with Crippen molar-refractivity contribution in [2.45, 2.75) is 44.8 Å². The molecule has 92 valence electrons. The zero-order valence-electron chi connectivity index (χ0n) is 10.2. The fraction of sp³-hybridized carbons (Fsp3) is 0.643. The van der Waals surface area contributed by atoms with Gasteiger partial charge in [0, 0.05) is 18.8 Å². The Balaban J connectivity index is 1.83. The van der Waals surface area contributed by atoms with E-state index in [0.29, 0.717) is 6.04 Å². The van der Waals surface area contributed by atoms with Gasteiger partial charge in [-0.05, 0) is 42.9 Å². The highest BCUT2D eigenvalue weighted by atomic mass is 16.3. The number of hydrogen-bond acceptors (Lipinski definition) is 3. The maximum absolute atomic E-state index is 9.19. The largest absolute Gasteiger partial charge is 0.392 e. The van der Waals surface area contributed by atoms with Crippen LogP contribution in [0.25, 0.3) is 0 Å². The molecule has 0 bridgehead atoms. The molecule has 1 aromatic heterocycles. The van der Waals surface area contributed by atoms with Crippen LogP contribution in [-0.2, 0) is 6.61 Å². The monoisotopic (exact) mass is 232 g/mol. The molecule has 1 saturated carbocycles. The van der Waals surface area contributed by atoms with Crippen LogP contribution in [0.3, 0.4) is 0 Å². The van der Waals surface area contributed by atoms with Crippen molar-refractivity contribution in [2.24, 2.45) is 5.92 Å². The van der Waals surface area contributed by atoms with E-state index in [1.54, 1.807) is 0 Å². The summed E-state index contributed by atoms with van der Waals surface area (Å²) in [7, 11) is 0. The van der Waals surface area contributed by atoms with Crippen LogP contribution < -0.4 is 4.90 Å². The molecule has 1 aliphatic carbocycles. The van der Waals surface area contributed by atoms with Crippen molar-refractivity contribution in [2.75, 3.05) is 11.4 Å². The Morgan fingerprint density at radius 3 is 3.06 bits per heavy atom. The van der Waals surface area contributed by atoms with Crippen molar-refractivity contribution in [3.8, 4) is 0 Å². The quantitative estimate of drug-likeness (QED) is 0.850. The molecule has 3 rings (SSSR count). The molecule has 0 amide bonds. The first kappa shape index (κ1) is 11.0. The number of nitrogens with zero attached hydrogens (tertiary/aromatic N) is 2. The Bertz CT molecular complexity index is 394. The molecule has 3 heteroatoms. The molecule has 1 N–H and O–H groups in total. The third kappa shape index (κ3) is 2.04. The molecule has 2 fully saturated rings. The minimum absolute atomic E-state index is 0.109. The standard InChI is InChI=1S/C14H20N2O/c17-10-11-5-7-15-14(9-11)16-8-6-12-3-1-2-4-13(12)16/h5,7,9,12-13,17H,1-4,6,8,10H2. The lowest BCUT2D eigenvalue weighted by Crippen LogP contribution is -2.35. The van der Waals surface area contributed by atoms with Crippen molar-refractivity contribution in [1.29, 1.82) is 0 Å². The predicted octanol–water partition coefficient (Wildman–Crippen LogP) is 2.34. The lowest BCUT2D eigenvalue weighted by molar-refractivity contribution is 0.281. The summed E-state index contributed by atoms with van der Waals surface area (Å²) in [5.74, 6) is 1.94. The summed E-state index contributed by atoms with van der Waals surface area (Å²) in [6, 6.07) is 4.62. The second-order valence-corrected chi connectivity index (χ2v) is 5.27. The van der Waals surface area contributed by atoms with Gasteiger partial charge < -0.3 is 10.0 Å². The van der Waals surface area contributed by atoms with Crippen molar-refractivity contribution >= 4 is 5.82 Å². The van der Waals surface area contributed by atoms with Gasteiger partial charge in [-0.15, -0.1) is 0 Å². The topological polar surface area (TPSA) is 36.4 Å². The lowest BCUT2D eigenvalue weighted by atomic mass is 9.85. The first-order valence-corrected chi connectivity index (χ1v) is 6.71. The van der Waals surface area contributed by atoms with Gasteiger partial charge in [-0.25, -0.2) is 4.98 Å². The SMILES string of the molecule is OCc1ccnc(N2CCC3CCCCC32)c1. The molecular weight excluding hydrogens is 212 g/mol. The number of aromatic nitrogens is 1. The van der Waals surface area contributed by atoms with Crippen LogP contribution >= 0.6 is 0 Å². The Morgan fingerprint density at radius 2 is 2.18 bits per heavy atom. The molecule has 2 atom stereocenters. The number of fused-ring (bicyclic) bond motifs is 1. The Labute approximate surface area is 102 Å². The molecule has 1 saturated heterocycles. The summed E-state index contributed by atoms with van der Waals surface area (Å²) in [6.07, 6.45) is 8.60. The molecule has 0 aromatic carbocycles. The van der Waals surface area contributed by atoms with Crippen LogP contribution in [0.2, 0.25) is 0 Å². The third-order valence-electron chi connectivity index (χ3n) is 4.30. The van der Waals surface area contributed by atoms with Crippen LogP contribution in [0.15, 0.2) is 18.3 Å². The Morgan fingerprint density at radius 1 is 1.29 bits per heavy atom. The summed E-state index contributed by atoms with van der Waals surface area (Å²) < 4.78 is 0. The van der Waals surface area contributed by atoms with E-state index in [0.717, 1.165) is 23.8 Å². The zero-order valence-corrected chi connectivity index (χ0v) is 10.2. The minimum atomic E-state index is 0.109. The van der Waals surface area contributed by atoms with Crippen LogP contribution in [0.1, 0.15) is 37.7 Å². The van der Waals surface area contributed by atoms with Gasteiger partial charge in [-0.2, -0.15) is 0 Å². The second-order valence-electron chi connectivity index (χ2n) is 5.27. The zero-order chi connectivity index (χ0) is 11.7. The van der Waals surface area contributed by atoms with Gasteiger partial charge in [0.2, 0.25) is 0 Å². The number of rotatable bonds is 2. The normalized spacial score (nSPS) is 28.2. The van der Waals surface area contributed by atoms with Gasteiger partial charge in [0.25, 0.3) is 0 Å². The minimum Gasteiger partial charge on any atom is -0.392 e. The van der Waals surface area contributed by atoms with E-state index >= 15 is 0 Å². The van der Waals surface area contributed by atoms with Crippen molar-refractivity contribution in [3.63, 3.8) is 0 Å². The van der Waals surface area contributed by atoms with E-state index in [4.69, 9.17) is 0 Å². The van der Waals surface area contributed by atoms with E-state index < -0.39 is 0 Å². The predicted molar refractivity (Wildman–Crippen MR) is 67.9 cm³/mol. The summed E-state index contributed by atoms with van der Waals surface area (Å²) in [4.78, 5) is 6.94. The summed E-state index contributed by atoms with van der Waals surface area (Å²) in [5.41, 5.74) is 0.967. The van der Waals surface area contributed by atoms with Crippen LogP contribution in [0.5, 0.6) is 0 Å². The van der Waals surface area contributed by atoms with E-state index in [9.17, 15) is 5.11 Å². The molecule has 2 unspecified atom stereocenters. The maximum Gasteiger partial charge on any atom is 0.129 e. The molecule has 3 nitrogen and oxygen atoms in total. The number of hydrogen-bond donors (Lipinski definition) is 1. The van der Waals surface area contributed by atoms with Gasteiger partial charge in [-0.3, -0.25) is 0 Å². The fourth-order valence-electron chi connectivity index (χ4n) is 3.41. The number of anilines is 1. The first-order valence-electron chi connectivity index (χ1n) is 6.71.